The lowest BCUT2D eigenvalue weighted by molar-refractivity contribution is 0.0800. The standard InChI is InChI=1S/C18H20Cl2FN3O2Si/c1-27(2,3)7-6-26-11-24-17(20)16(19)23-18(24)15(25)9-12-4-5-14(21)13(8-12)10-22/h4-5,8H,6-7,9,11H2,1-3H3. The van der Waals surface area contributed by atoms with Gasteiger partial charge >= 0.3 is 0 Å². The zero-order valence-electron chi connectivity index (χ0n) is 15.4. The van der Waals surface area contributed by atoms with Crippen LogP contribution in [0.3, 0.4) is 0 Å². The Morgan fingerprint density at radius 2 is 2.07 bits per heavy atom. The summed E-state index contributed by atoms with van der Waals surface area (Å²) < 4.78 is 20.5. The molecule has 9 heteroatoms. The van der Waals surface area contributed by atoms with E-state index < -0.39 is 13.9 Å². The minimum absolute atomic E-state index is 0.0191. The van der Waals surface area contributed by atoms with Gasteiger partial charge in [0.2, 0.25) is 5.78 Å². The third-order valence-corrected chi connectivity index (χ3v) is 6.30. The molecule has 0 fully saturated rings. The number of Topliss-reactive ketones (excluding diaryl/α,β-unsaturated/α-hetero) is 1. The minimum Gasteiger partial charge on any atom is -0.361 e. The van der Waals surface area contributed by atoms with E-state index in [4.69, 9.17) is 33.2 Å². The van der Waals surface area contributed by atoms with Crippen molar-refractivity contribution in [1.29, 1.82) is 5.26 Å². The van der Waals surface area contributed by atoms with Crippen LogP contribution >= 0.6 is 23.2 Å². The summed E-state index contributed by atoms with van der Waals surface area (Å²) in [6, 6.07) is 6.68. The molecule has 0 spiro atoms. The highest BCUT2D eigenvalue weighted by Gasteiger charge is 2.21. The Kier molecular flexibility index (Phi) is 7.17. The van der Waals surface area contributed by atoms with Crippen molar-refractivity contribution in [2.24, 2.45) is 0 Å². The van der Waals surface area contributed by atoms with Gasteiger partial charge in [0, 0.05) is 21.1 Å². The zero-order valence-corrected chi connectivity index (χ0v) is 17.9. The highest BCUT2D eigenvalue weighted by molar-refractivity contribution is 6.76. The molecule has 0 N–H and O–H groups in total. The van der Waals surface area contributed by atoms with Crippen LogP contribution in [-0.4, -0.2) is 30.0 Å². The minimum atomic E-state index is -1.24. The maximum absolute atomic E-state index is 13.4. The number of carbonyl (C=O) groups excluding carboxylic acids is 1. The smallest absolute Gasteiger partial charge is 0.202 e. The third kappa shape index (κ3) is 5.88. The van der Waals surface area contributed by atoms with Crippen molar-refractivity contribution in [2.45, 2.75) is 38.8 Å². The fraction of sp³-hybridized carbons (Fsp3) is 0.389. The number of carbonyl (C=O) groups is 1. The third-order valence-electron chi connectivity index (χ3n) is 3.85. The molecule has 1 aromatic heterocycles. The molecule has 2 rings (SSSR count). The highest BCUT2D eigenvalue weighted by Crippen LogP contribution is 2.24. The number of ether oxygens (including phenoxy) is 1. The summed E-state index contributed by atoms with van der Waals surface area (Å²) in [4.78, 5) is 16.7. The van der Waals surface area contributed by atoms with Gasteiger partial charge in [0.15, 0.2) is 11.0 Å². The Labute approximate surface area is 168 Å². The molecule has 0 saturated heterocycles. The van der Waals surface area contributed by atoms with Crippen LogP contribution in [0.25, 0.3) is 0 Å². The fourth-order valence-electron chi connectivity index (χ4n) is 2.30. The fourth-order valence-corrected chi connectivity index (χ4v) is 3.41. The maximum Gasteiger partial charge on any atom is 0.202 e. The second-order valence-electron chi connectivity index (χ2n) is 7.32. The van der Waals surface area contributed by atoms with Gasteiger partial charge in [0.1, 0.15) is 23.8 Å². The molecular weight excluding hydrogens is 408 g/mol. The normalized spacial score (nSPS) is 11.4. The van der Waals surface area contributed by atoms with Crippen LogP contribution in [0.1, 0.15) is 21.7 Å². The summed E-state index contributed by atoms with van der Waals surface area (Å²) in [5.74, 6) is -0.911. The molecule has 0 aliphatic carbocycles. The molecule has 0 saturated carbocycles. The number of aromatic nitrogens is 2. The largest absolute Gasteiger partial charge is 0.361 e. The quantitative estimate of drug-likeness (QED) is 0.339. The van der Waals surface area contributed by atoms with Crippen molar-refractivity contribution in [1.82, 2.24) is 9.55 Å². The van der Waals surface area contributed by atoms with E-state index in [0.717, 1.165) is 12.1 Å². The van der Waals surface area contributed by atoms with Crippen molar-refractivity contribution >= 4 is 37.1 Å². The van der Waals surface area contributed by atoms with Crippen molar-refractivity contribution in [3.05, 3.63) is 51.3 Å². The molecular formula is C18H20Cl2FN3O2Si. The van der Waals surface area contributed by atoms with Gasteiger partial charge in [-0.15, -0.1) is 0 Å². The van der Waals surface area contributed by atoms with E-state index in [-0.39, 0.29) is 40.6 Å². The molecule has 5 nitrogen and oxygen atoms in total. The molecule has 1 heterocycles. The molecule has 0 aliphatic heterocycles. The van der Waals surface area contributed by atoms with E-state index in [1.54, 1.807) is 6.07 Å². The molecule has 2 aromatic rings. The topological polar surface area (TPSA) is 67.9 Å². The van der Waals surface area contributed by atoms with E-state index >= 15 is 0 Å². The van der Waals surface area contributed by atoms with Gasteiger partial charge in [-0.1, -0.05) is 48.9 Å². The lowest BCUT2D eigenvalue weighted by Crippen LogP contribution is -2.22. The van der Waals surface area contributed by atoms with Crippen LogP contribution in [0.5, 0.6) is 0 Å². The summed E-state index contributed by atoms with van der Waals surface area (Å²) in [5.41, 5.74) is 0.383. The van der Waals surface area contributed by atoms with E-state index in [1.165, 1.54) is 16.7 Å². The summed E-state index contributed by atoms with van der Waals surface area (Å²) >= 11 is 12.1. The van der Waals surface area contributed by atoms with E-state index in [9.17, 15) is 9.18 Å². The maximum atomic E-state index is 13.4. The van der Waals surface area contributed by atoms with Gasteiger partial charge in [-0.25, -0.2) is 9.37 Å². The van der Waals surface area contributed by atoms with Gasteiger partial charge in [0.05, 0.1) is 5.56 Å². The first-order valence-electron chi connectivity index (χ1n) is 8.33. The Hall–Kier alpha value is -1.72. The van der Waals surface area contributed by atoms with Crippen LogP contribution in [0, 0.1) is 17.1 Å². The molecule has 0 atom stereocenters. The summed E-state index contributed by atoms with van der Waals surface area (Å²) in [7, 11) is -1.24. The number of halogens is 3. The first kappa shape index (κ1) is 21.6. The van der Waals surface area contributed by atoms with Crippen molar-refractivity contribution in [3.8, 4) is 6.07 Å². The molecule has 1 aromatic carbocycles. The van der Waals surface area contributed by atoms with Crippen molar-refractivity contribution < 1.29 is 13.9 Å². The van der Waals surface area contributed by atoms with Gasteiger partial charge in [-0.3, -0.25) is 9.36 Å². The zero-order chi connectivity index (χ0) is 20.2. The summed E-state index contributed by atoms with van der Waals surface area (Å²) in [6.45, 7) is 7.34. The van der Waals surface area contributed by atoms with Crippen molar-refractivity contribution in [2.75, 3.05) is 6.61 Å². The molecule has 0 aliphatic rings. The Balaban J connectivity index is 2.14. The molecule has 0 amide bonds. The number of rotatable bonds is 8. The van der Waals surface area contributed by atoms with Gasteiger partial charge in [0.25, 0.3) is 0 Å². The first-order valence-corrected chi connectivity index (χ1v) is 12.8. The van der Waals surface area contributed by atoms with Crippen molar-refractivity contribution in [3.63, 3.8) is 0 Å². The molecule has 27 heavy (non-hydrogen) atoms. The Morgan fingerprint density at radius 3 is 2.70 bits per heavy atom. The monoisotopic (exact) mass is 427 g/mol. The van der Waals surface area contributed by atoms with E-state index in [1.807, 2.05) is 0 Å². The van der Waals surface area contributed by atoms with E-state index in [2.05, 4.69) is 24.6 Å². The second kappa shape index (κ2) is 8.98. The van der Waals surface area contributed by atoms with Crippen LogP contribution in [0.15, 0.2) is 18.2 Å². The molecule has 0 radical (unpaired) electrons. The lowest BCUT2D eigenvalue weighted by Gasteiger charge is -2.16. The molecule has 0 unspecified atom stereocenters. The predicted molar refractivity (Wildman–Crippen MR) is 106 cm³/mol. The number of benzene rings is 1. The number of nitrogens with zero attached hydrogens (tertiary/aromatic N) is 3. The van der Waals surface area contributed by atoms with Crippen LogP contribution in [0.4, 0.5) is 4.39 Å². The molecule has 0 bridgehead atoms. The average Bonchev–Trinajstić information content (AvgIpc) is 2.87. The van der Waals surface area contributed by atoms with Gasteiger partial charge < -0.3 is 4.74 Å². The number of imidazole rings is 1. The van der Waals surface area contributed by atoms with Crippen LogP contribution in [-0.2, 0) is 17.9 Å². The first-order chi connectivity index (χ1) is 12.6. The highest BCUT2D eigenvalue weighted by atomic mass is 35.5. The predicted octanol–water partition coefficient (Wildman–Crippen LogP) is 4.94. The average molecular weight is 428 g/mol. The Morgan fingerprint density at radius 1 is 1.37 bits per heavy atom. The van der Waals surface area contributed by atoms with Crippen LogP contribution in [0.2, 0.25) is 36.0 Å². The SMILES string of the molecule is C[Si](C)(C)CCOCn1c(C(=O)Cc2ccc(F)c(C#N)c2)nc(Cl)c1Cl. The lowest BCUT2D eigenvalue weighted by atomic mass is 10.1. The number of hydrogen-bond acceptors (Lipinski definition) is 4. The molecule has 144 valence electrons. The number of hydrogen-bond donors (Lipinski definition) is 0. The number of ketones is 1. The summed E-state index contributed by atoms with van der Waals surface area (Å²) in [6.07, 6.45) is -0.0620. The van der Waals surface area contributed by atoms with Gasteiger partial charge in [-0.2, -0.15) is 5.26 Å². The van der Waals surface area contributed by atoms with Crippen LogP contribution < -0.4 is 0 Å². The summed E-state index contributed by atoms with van der Waals surface area (Å²) in [5, 5.41) is 9.06. The Bertz CT molecular complexity index is 888. The second-order valence-corrected chi connectivity index (χ2v) is 13.7. The van der Waals surface area contributed by atoms with Gasteiger partial charge in [-0.05, 0) is 23.7 Å². The number of nitriles is 1. The van der Waals surface area contributed by atoms with E-state index in [0.29, 0.717) is 12.2 Å².